The second-order valence-electron chi connectivity index (χ2n) is 2.83. The summed E-state index contributed by atoms with van der Waals surface area (Å²) in [5.41, 5.74) is 0.584. The van der Waals surface area contributed by atoms with Crippen molar-refractivity contribution in [3.8, 4) is 0 Å². The van der Waals surface area contributed by atoms with E-state index in [9.17, 15) is 0 Å². The number of aliphatic hydroxyl groups excluding tert-OH is 1. The molecule has 1 aromatic heterocycles. The lowest BCUT2D eigenvalue weighted by atomic mass is 10.5. The SMILES string of the molecule is CC.CCC.COCCn1cc(CO)nn1. The van der Waals surface area contributed by atoms with E-state index in [2.05, 4.69) is 24.2 Å². The quantitative estimate of drug-likeness (QED) is 0.859. The molecular weight excluding hydrogens is 206 g/mol. The Morgan fingerprint density at radius 3 is 2.31 bits per heavy atom. The molecule has 0 unspecified atom stereocenters. The first-order valence-corrected chi connectivity index (χ1v) is 5.77. The minimum Gasteiger partial charge on any atom is -0.390 e. The van der Waals surface area contributed by atoms with E-state index in [-0.39, 0.29) is 6.61 Å². The van der Waals surface area contributed by atoms with Crippen molar-refractivity contribution in [2.75, 3.05) is 13.7 Å². The Morgan fingerprint density at radius 2 is 1.94 bits per heavy atom. The van der Waals surface area contributed by atoms with Crippen molar-refractivity contribution in [3.63, 3.8) is 0 Å². The van der Waals surface area contributed by atoms with Crippen LogP contribution in [0.1, 0.15) is 39.8 Å². The average Bonchev–Trinajstić information content (AvgIpc) is 2.78. The highest BCUT2D eigenvalue weighted by molar-refractivity contribution is 4.88. The summed E-state index contributed by atoms with van der Waals surface area (Å²) in [5.74, 6) is 0. The number of aliphatic hydroxyl groups is 1. The summed E-state index contributed by atoms with van der Waals surface area (Å²) in [5, 5.41) is 16.1. The van der Waals surface area contributed by atoms with Crippen molar-refractivity contribution in [3.05, 3.63) is 11.9 Å². The van der Waals surface area contributed by atoms with Gasteiger partial charge in [0.05, 0.1) is 26.0 Å². The van der Waals surface area contributed by atoms with Gasteiger partial charge in [-0.25, -0.2) is 4.68 Å². The summed E-state index contributed by atoms with van der Waals surface area (Å²) < 4.78 is 6.47. The van der Waals surface area contributed by atoms with Crippen LogP contribution in [0.25, 0.3) is 0 Å². The van der Waals surface area contributed by atoms with Crippen molar-refractivity contribution in [2.24, 2.45) is 0 Å². The molecule has 0 fully saturated rings. The van der Waals surface area contributed by atoms with Crippen LogP contribution in [0.5, 0.6) is 0 Å². The first-order chi connectivity index (χ1) is 7.78. The fraction of sp³-hybridized carbons (Fsp3) is 0.818. The van der Waals surface area contributed by atoms with Crippen molar-refractivity contribution >= 4 is 0 Å². The van der Waals surface area contributed by atoms with Crippen LogP contribution in [-0.4, -0.2) is 33.8 Å². The van der Waals surface area contributed by atoms with Gasteiger partial charge in [0.25, 0.3) is 0 Å². The summed E-state index contributed by atoms with van der Waals surface area (Å²) >= 11 is 0. The number of rotatable bonds is 4. The number of aromatic nitrogens is 3. The molecule has 0 bridgehead atoms. The Kier molecular flexibility index (Phi) is 15.3. The Balaban J connectivity index is 0. The molecule has 0 saturated carbocycles. The fourth-order valence-electron chi connectivity index (χ4n) is 0.705. The molecule has 5 heteroatoms. The first kappa shape index (κ1) is 17.5. The molecule has 5 nitrogen and oxygen atoms in total. The molecule has 96 valence electrons. The Morgan fingerprint density at radius 1 is 1.38 bits per heavy atom. The third-order valence-corrected chi connectivity index (χ3v) is 1.27. The number of ether oxygens (including phenoxy) is 1. The molecule has 0 aliphatic heterocycles. The van der Waals surface area contributed by atoms with Crippen LogP contribution in [-0.2, 0) is 17.9 Å². The van der Waals surface area contributed by atoms with Crippen LogP contribution in [0, 0.1) is 0 Å². The predicted molar refractivity (Wildman–Crippen MR) is 65.1 cm³/mol. The molecule has 1 aromatic rings. The topological polar surface area (TPSA) is 60.2 Å². The van der Waals surface area contributed by atoms with Gasteiger partial charge in [-0.1, -0.05) is 39.3 Å². The van der Waals surface area contributed by atoms with Gasteiger partial charge in [-0.15, -0.1) is 5.10 Å². The highest BCUT2D eigenvalue weighted by Crippen LogP contribution is 1.91. The molecule has 0 saturated heterocycles. The van der Waals surface area contributed by atoms with Crippen LogP contribution >= 0.6 is 0 Å². The van der Waals surface area contributed by atoms with Crippen LogP contribution in [0.15, 0.2) is 6.20 Å². The third kappa shape index (κ3) is 9.61. The summed E-state index contributed by atoms with van der Waals surface area (Å²) in [6.07, 6.45) is 2.94. The summed E-state index contributed by atoms with van der Waals surface area (Å²) in [7, 11) is 1.63. The maximum atomic E-state index is 8.63. The van der Waals surface area contributed by atoms with Crippen molar-refractivity contribution < 1.29 is 9.84 Å². The fourth-order valence-corrected chi connectivity index (χ4v) is 0.705. The summed E-state index contributed by atoms with van der Waals surface area (Å²) in [6.45, 7) is 9.46. The maximum absolute atomic E-state index is 8.63. The van der Waals surface area contributed by atoms with Gasteiger partial charge in [-0.05, 0) is 0 Å². The van der Waals surface area contributed by atoms with Crippen molar-refractivity contribution in [1.82, 2.24) is 15.0 Å². The maximum Gasteiger partial charge on any atom is 0.108 e. The van der Waals surface area contributed by atoms with Crippen molar-refractivity contribution in [1.29, 1.82) is 0 Å². The number of hydrogen-bond acceptors (Lipinski definition) is 4. The minimum atomic E-state index is -0.0625. The Bertz CT molecular complexity index is 227. The van der Waals surface area contributed by atoms with Gasteiger partial charge in [0.1, 0.15) is 5.69 Å². The lowest BCUT2D eigenvalue weighted by Crippen LogP contribution is -2.04. The number of hydrogen-bond donors (Lipinski definition) is 1. The third-order valence-electron chi connectivity index (χ3n) is 1.27. The smallest absolute Gasteiger partial charge is 0.108 e. The summed E-state index contributed by atoms with van der Waals surface area (Å²) in [4.78, 5) is 0. The second kappa shape index (κ2) is 14.1. The molecule has 0 aliphatic carbocycles. The molecule has 0 radical (unpaired) electrons. The minimum absolute atomic E-state index is 0.0625. The van der Waals surface area contributed by atoms with E-state index in [0.717, 1.165) is 0 Å². The van der Waals surface area contributed by atoms with E-state index >= 15 is 0 Å². The molecule has 0 aliphatic rings. The number of nitrogens with zero attached hydrogens (tertiary/aromatic N) is 3. The van der Waals surface area contributed by atoms with Crippen LogP contribution < -0.4 is 0 Å². The van der Waals surface area contributed by atoms with Gasteiger partial charge in [0.2, 0.25) is 0 Å². The van der Waals surface area contributed by atoms with Gasteiger partial charge >= 0.3 is 0 Å². The summed E-state index contributed by atoms with van der Waals surface area (Å²) in [6, 6.07) is 0. The van der Waals surface area contributed by atoms with Crippen LogP contribution in [0.2, 0.25) is 0 Å². The van der Waals surface area contributed by atoms with Gasteiger partial charge < -0.3 is 9.84 Å². The monoisotopic (exact) mass is 231 g/mol. The lowest BCUT2D eigenvalue weighted by molar-refractivity contribution is 0.183. The molecule has 1 rings (SSSR count). The zero-order chi connectivity index (χ0) is 12.8. The Hall–Kier alpha value is -0.940. The predicted octanol–water partition coefficient (Wildman–Crippen LogP) is 1.86. The van der Waals surface area contributed by atoms with Gasteiger partial charge in [-0.2, -0.15) is 0 Å². The molecule has 0 aromatic carbocycles. The standard InChI is InChI=1S/C6H11N3O2.C3H8.C2H6/c1-11-3-2-9-4-6(5-10)7-8-9;1-3-2;1-2/h4,10H,2-3,5H2,1H3;3H2,1-2H3;1-2H3. The normalized spacial score (nSPS) is 8.62. The van der Waals surface area contributed by atoms with E-state index in [1.165, 1.54) is 6.42 Å². The molecule has 1 heterocycles. The van der Waals surface area contributed by atoms with E-state index in [4.69, 9.17) is 9.84 Å². The molecular formula is C11H25N3O2. The zero-order valence-corrected chi connectivity index (χ0v) is 11.1. The molecule has 0 spiro atoms. The lowest BCUT2D eigenvalue weighted by Gasteiger charge is -1.96. The molecule has 16 heavy (non-hydrogen) atoms. The van der Waals surface area contributed by atoms with E-state index < -0.39 is 0 Å². The van der Waals surface area contributed by atoms with Gasteiger partial charge in [0.15, 0.2) is 0 Å². The highest BCUT2D eigenvalue weighted by atomic mass is 16.5. The Labute approximate surface area is 98.4 Å². The largest absolute Gasteiger partial charge is 0.390 e. The van der Waals surface area contributed by atoms with Crippen molar-refractivity contribution in [2.45, 2.75) is 47.3 Å². The van der Waals surface area contributed by atoms with Crippen LogP contribution in [0.4, 0.5) is 0 Å². The first-order valence-electron chi connectivity index (χ1n) is 5.77. The average molecular weight is 231 g/mol. The van der Waals surface area contributed by atoms with Gasteiger partial charge in [0, 0.05) is 7.11 Å². The highest BCUT2D eigenvalue weighted by Gasteiger charge is 1.96. The zero-order valence-electron chi connectivity index (χ0n) is 11.1. The molecule has 0 atom stereocenters. The molecule has 0 amide bonds. The van der Waals surface area contributed by atoms with E-state index in [1.54, 1.807) is 18.0 Å². The van der Waals surface area contributed by atoms with E-state index in [1.807, 2.05) is 13.8 Å². The number of methoxy groups -OCH3 is 1. The second-order valence-corrected chi connectivity index (χ2v) is 2.83. The van der Waals surface area contributed by atoms with Gasteiger partial charge in [-0.3, -0.25) is 0 Å². The van der Waals surface area contributed by atoms with Crippen LogP contribution in [0.3, 0.4) is 0 Å². The molecule has 1 N–H and O–H groups in total. The van der Waals surface area contributed by atoms with E-state index in [0.29, 0.717) is 18.8 Å².